The first-order chi connectivity index (χ1) is 11.3. The lowest BCUT2D eigenvalue weighted by atomic mass is 10.1. The summed E-state index contributed by atoms with van der Waals surface area (Å²) >= 11 is 0. The summed E-state index contributed by atoms with van der Waals surface area (Å²) in [7, 11) is 0. The molecule has 0 saturated heterocycles. The number of benzene rings is 2. The van der Waals surface area contributed by atoms with E-state index in [-0.39, 0.29) is 18.3 Å². The number of nitrogens with two attached hydrogens (primary N) is 1. The van der Waals surface area contributed by atoms with Gasteiger partial charge in [-0.15, -0.1) is 12.4 Å². The van der Waals surface area contributed by atoms with Gasteiger partial charge in [-0.25, -0.2) is 0 Å². The van der Waals surface area contributed by atoms with Crippen molar-refractivity contribution in [2.75, 3.05) is 26.3 Å². The molecule has 1 aliphatic heterocycles. The van der Waals surface area contributed by atoms with Crippen molar-refractivity contribution in [2.24, 2.45) is 5.73 Å². The summed E-state index contributed by atoms with van der Waals surface area (Å²) < 4.78 is 11.0. The molecule has 0 spiro atoms. The summed E-state index contributed by atoms with van der Waals surface area (Å²) in [4.78, 5) is 14.5. The number of halogens is 1. The van der Waals surface area contributed by atoms with E-state index in [1.54, 1.807) is 23.1 Å². The van der Waals surface area contributed by atoms with Gasteiger partial charge in [0.05, 0.1) is 0 Å². The van der Waals surface area contributed by atoms with Crippen molar-refractivity contribution < 1.29 is 14.3 Å². The molecule has 0 radical (unpaired) electrons. The van der Waals surface area contributed by atoms with Gasteiger partial charge in [0.25, 0.3) is 5.91 Å². The summed E-state index contributed by atoms with van der Waals surface area (Å²) in [5, 5.41) is 0. The van der Waals surface area contributed by atoms with E-state index in [2.05, 4.69) is 0 Å². The Balaban J connectivity index is 0.00000208. The molecular weight excluding hydrogens is 328 g/mol. The predicted molar refractivity (Wildman–Crippen MR) is 94.9 cm³/mol. The second kappa shape index (κ2) is 8.57. The molecule has 0 bridgehead atoms. The summed E-state index contributed by atoms with van der Waals surface area (Å²) in [5.74, 6) is 1.24. The van der Waals surface area contributed by atoms with Crippen molar-refractivity contribution >= 4 is 18.3 Å². The third-order valence-electron chi connectivity index (χ3n) is 3.69. The van der Waals surface area contributed by atoms with Crippen LogP contribution < -0.4 is 15.2 Å². The van der Waals surface area contributed by atoms with Crippen LogP contribution in [-0.4, -0.2) is 37.1 Å². The largest absolute Gasteiger partial charge is 0.486 e. The molecule has 1 aliphatic rings. The molecule has 0 atom stereocenters. The van der Waals surface area contributed by atoms with Crippen LogP contribution in [0.4, 0.5) is 0 Å². The Hall–Kier alpha value is -2.24. The number of carbonyl (C=O) groups excluding carboxylic acids is 1. The number of amides is 1. The molecule has 24 heavy (non-hydrogen) atoms. The zero-order valence-corrected chi connectivity index (χ0v) is 14.1. The van der Waals surface area contributed by atoms with E-state index in [0.29, 0.717) is 49.9 Å². The average Bonchev–Trinajstić information content (AvgIpc) is 2.61. The predicted octanol–water partition coefficient (Wildman–Crippen LogP) is 2.48. The number of nitrogens with zero attached hydrogens (tertiary/aromatic N) is 1. The van der Waals surface area contributed by atoms with Crippen LogP contribution in [0.3, 0.4) is 0 Å². The molecule has 1 heterocycles. The normalized spacial score (nSPS) is 12.2. The molecule has 0 fully saturated rings. The molecule has 0 aromatic heterocycles. The fraction of sp³-hybridized carbons (Fsp3) is 0.278. The van der Waals surface area contributed by atoms with Gasteiger partial charge in [-0.05, 0) is 23.8 Å². The molecule has 0 aliphatic carbocycles. The van der Waals surface area contributed by atoms with Crippen LogP contribution in [-0.2, 0) is 6.54 Å². The van der Waals surface area contributed by atoms with E-state index in [0.717, 1.165) is 5.56 Å². The second-order valence-corrected chi connectivity index (χ2v) is 5.36. The molecule has 2 aromatic carbocycles. The highest BCUT2D eigenvalue weighted by atomic mass is 35.5. The van der Waals surface area contributed by atoms with Gasteiger partial charge in [0.1, 0.15) is 13.2 Å². The minimum Gasteiger partial charge on any atom is -0.486 e. The molecule has 0 saturated carbocycles. The van der Waals surface area contributed by atoms with E-state index in [4.69, 9.17) is 15.2 Å². The molecule has 5 nitrogen and oxygen atoms in total. The maximum Gasteiger partial charge on any atom is 0.254 e. The monoisotopic (exact) mass is 348 g/mol. The molecule has 2 N–H and O–H groups in total. The third kappa shape index (κ3) is 4.19. The lowest BCUT2D eigenvalue weighted by Crippen LogP contribution is -2.35. The number of fused-ring (bicyclic) bond motifs is 1. The SMILES string of the molecule is Cl.NCCN(Cc1ccccc1)C(=O)c1ccc2c(c1)OCCO2. The van der Waals surface area contributed by atoms with Crippen LogP contribution in [0.1, 0.15) is 15.9 Å². The van der Waals surface area contributed by atoms with Crippen molar-refractivity contribution in [1.29, 1.82) is 0 Å². The van der Waals surface area contributed by atoms with E-state index < -0.39 is 0 Å². The van der Waals surface area contributed by atoms with Gasteiger partial charge in [0, 0.05) is 25.2 Å². The Bertz CT molecular complexity index is 679. The van der Waals surface area contributed by atoms with Gasteiger partial charge in [-0.1, -0.05) is 30.3 Å². The van der Waals surface area contributed by atoms with Crippen LogP contribution in [0, 0.1) is 0 Å². The van der Waals surface area contributed by atoms with Crippen molar-refractivity contribution in [2.45, 2.75) is 6.54 Å². The number of hydrogen-bond acceptors (Lipinski definition) is 4. The maximum atomic E-state index is 12.8. The molecule has 1 amide bonds. The minimum atomic E-state index is -0.0590. The van der Waals surface area contributed by atoms with Gasteiger partial charge in [0.2, 0.25) is 0 Å². The Kier molecular flexibility index (Phi) is 6.46. The highest BCUT2D eigenvalue weighted by molar-refractivity contribution is 5.95. The van der Waals surface area contributed by atoms with Crippen LogP contribution >= 0.6 is 12.4 Å². The standard InChI is InChI=1S/C18H20N2O3.ClH/c19-8-9-20(13-14-4-2-1-3-5-14)18(21)15-6-7-16-17(12-15)23-11-10-22-16;/h1-7,12H,8-11,13,19H2;1H. The van der Waals surface area contributed by atoms with Crippen molar-refractivity contribution in [1.82, 2.24) is 4.90 Å². The Morgan fingerprint density at radius 3 is 2.46 bits per heavy atom. The van der Waals surface area contributed by atoms with Gasteiger partial charge in [-0.3, -0.25) is 4.79 Å². The fourth-order valence-electron chi connectivity index (χ4n) is 2.57. The Morgan fingerprint density at radius 2 is 1.75 bits per heavy atom. The van der Waals surface area contributed by atoms with Crippen molar-refractivity contribution in [3.05, 3.63) is 59.7 Å². The van der Waals surface area contributed by atoms with E-state index >= 15 is 0 Å². The molecule has 128 valence electrons. The number of ether oxygens (including phenoxy) is 2. The maximum absolute atomic E-state index is 12.8. The van der Waals surface area contributed by atoms with E-state index in [1.165, 1.54) is 0 Å². The summed E-state index contributed by atoms with van der Waals surface area (Å²) in [6.45, 7) is 2.49. The zero-order valence-electron chi connectivity index (χ0n) is 13.3. The number of hydrogen-bond donors (Lipinski definition) is 1. The van der Waals surface area contributed by atoms with Crippen LogP contribution in [0.25, 0.3) is 0 Å². The second-order valence-electron chi connectivity index (χ2n) is 5.36. The number of carbonyl (C=O) groups is 1. The minimum absolute atomic E-state index is 0. The lowest BCUT2D eigenvalue weighted by Gasteiger charge is -2.24. The first-order valence-corrected chi connectivity index (χ1v) is 7.71. The molecule has 0 unspecified atom stereocenters. The molecule has 2 aromatic rings. The molecule has 3 rings (SSSR count). The van der Waals surface area contributed by atoms with Gasteiger partial charge < -0.3 is 20.1 Å². The van der Waals surface area contributed by atoms with E-state index in [1.807, 2.05) is 30.3 Å². The Morgan fingerprint density at radius 1 is 1.04 bits per heavy atom. The lowest BCUT2D eigenvalue weighted by molar-refractivity contribution is 0.0747. The number of rotatable bonds is 5. The smallest absolute Gasteiger partial charge is 0.254 e. The van der Waals surface area contributed by atoms with Crippen LogP contribution in [0.15, 0.2) is 48.5 Å². The summed E-state index contributed by atoms with van der Waals surface area (Å²) in [6.07, 6.45) is 0. The van der Waals surface area contributed by atoms with Crippen molar-refractivity contribution in [3.63, 3.8) is 0 Å². The first-order valence-electron chi connectivity index (χ1n) is 7.71. The van der Waals surface area contributed by atoms with Crippen LogP contribution in [0.5, 0.6) is 11.5 Å². The van der Waals surface area contributed by atoms with E-state index in [9.17, 15) is 4.79 Å². The van der Waals surface area contributed by atoms with Gasteiger partial charge in [0.15, 0.2) is 11.5 Å². The van der Waals surface area contributed by atoms with Gasteiger partial charge >= 0.3 is 0 Å². The van der Waals surface area contributed by atoms with Crippen molar-refractivity contribution in [3.8, 4) is 11.5 Å². The quantitative estimate of drug-likeness (QED) is 0.901. The first kappa shape index (κ1) is 18.1. The average molecular weight is 349 g/mol. The highest BCUT2D eigenvalue weighted by Crippen LogP contribution is 2.31. The third-order valence-corrected chi connectivity index (χ3v) is 3.69. The summed E-state index contributed by atoms with van der Waals surface area (Å²) in [5.41, 5.74) is 7.33. The zero-order chi connectivity index (χ0) is 16.1. The summed E-state index contributed by atoms with van der Waals surface area (Å²) in [6, 6.07) is 15.2. The highest BCUT2D eigenvalue weighted by Gasteiger charge is 2.19. The molecule has 6 heteroatoms. The van der Waals surface area contributed by atoms with Crippen LogP contribution in [0.2, 0.25) is 0 Å². The Labute approximate surface area is 147 Å². The fourth-order valence-corrected chi connectivity index (χ4v) is 2.57. The molecular formula is C18H21ClN2O3. The topological polar surface area (TPSA) is 64.8 Å². The van der Waals surface area contributed by atoms with Gasteiger partial charge in [-0.2, -0.15) is 0 Å².